The number of ketones is 2. The number of aryl methyl sites for hydroxylation is 3. The van der Waals surface area contributed by atoms with Gasteiger partial charge in [0.2, 0.25) is 0 Å². The molecular weight excluding hydrogens is 248 g/mol. The van der Waals surface area contributed by atoms with Gasteiger partial charge in [-0.1, -0.05) is 0 Å². The molecule has 18 heavy (non-hydrogen) atoms. The first-order valence-electron chi connectivity index (χ1n) is 5.61. The molecule has 0 aliphatic carbocycles. The van der Waals surface area contributed by atoms with Gasteiger partial charge >= 0.3 is 0 Å². The van der Waals surface area contributed by atoms with E-state index in [1.54, 1.807) is 23.9 Å². The molecule has 0 unspecified atom stereocenters. The maximum absolute atomic E-state index is 11.9. The third-order valence-electron chi connectivity index (χ3n) is 2.74. The smallest absolute Gasteiger partial charge is 0.190 e. The van der Waals surface area contributed by atoms with Crippen LogP contribution < -0.4 is 0 Å². The van der Waals surface area contributed by atoms with Gasteiger partial charge in [-0.05, 0) is 32.0 Å². The highest BCUT2D eigenvalue weighted by molar-refractivity contribution is 7.14. The van der Waals surface area contributed by atoms with Crippen molar-refractivity contribution in [3.8, 4) is 0 Å². The minimum Gasteiger partial charge on any atom is -0.293 e. The van der Waals surface area contributed by atoms with Crippen LogP contribution in [-0.4, -0.2) is 21.3 Å². The van der Waals surface area contributed by atoms with Crippen LogP contribution >= 0.6 is 11.3 Å². The Morgan fingerprint density at radius 2 is 2.00 bits per heavy atom. The number of aromatic nitrogens is 2. The lowest BCUT2D eigenvalue weighted by molar-refractivity contribution is 0.0893. The molecule has 0 atom stereocenters. The number of nitrogens with zero attached hydrogens (tertiary/aromatic N) is 2. The maximum atomic E-state index is 11.9. The molecule has 2 aromatic rings. The van der Waals surface area contributed by atoms with Gasteiger partial charge in [0.05, 0.1) is 11.3 Å². The van der Waals surface area contributed by atoms with Crippen molar-refractivity contribution in [2.24, 2.45) is 7.05 Å². The fourth-order valence-electron chi connectivity index (χ4n) is 1.60. The summed E-state index contributed by atoms with van der Waals surface area (Å²) in [6.07, 6.45) is -0.115. The van der Waals surface area contributed by atoms with Gasteiger partial charge in [-0.25, -0.2) is 0 Å². The first kappa shape index (κ1) is 12.7. The zero-order valence-electron chi connectivity index (χ0n) is 10.6. The SMILES string of the molecule is Cc1ccc(C(=O)CC(=O)c2cc(C)n(C)n2)s1. The van der Waals surface area contributed by atoms with E-state index in [9.17, 15) is 9.59 Å². The quantitative estimate of drug-likeness (QED) is 0.628. The second kappa shape index (κ2) is 4.86. The fourth-order valence-corrected chi connectivity index (χ4v) is 2.41. The Bertz CT molecular complexity index is 591. The van der Waals surface area contributed by atoms with Crippen molar-refractivity contribution in [1.82, 2.24) is 9.78 Å². The van der Waals surface area contributed by atoms with Crippen LogP contribution in [0.2, 0.25) is 0 Å². The monoisotopic (exact) mass is 262 g/mol. The molecule has 0 saturated carbocycles. The van der Waals surface area contributed by atoms with Crippen molar-refractivity contribution in [3.63, 3.8) is 0 Å². The van der Waals surface area contributed by atoms with Crippen LogP contribution in [0.1, 0.15) is 37.2 Å². The van der Waals surface area contributed by atoms with Crippen molar-refractivity contribution in [1.29, 1.82) is 0 Å². The summed E-state index contributed by atoms with van der Waals surface area (Å²) in [4.78, 5) is 25.5. The highest BCUT2D eigenvalue weighted by atomic mass is 32.1. The zero-order chi connectivity index (χ0) is 13.3. The van der Waals surface area contributed by atoms with Gasteiger partial charge in [-0.15, -0.1) is 11.3 Å². The van der Waals surface area contributed by atoms with Crippen molar-refractivity contribution < 1.29 is 9.59 Å². The number of carbonyl (C=O) groups excluding carboxylic acids is 2. The van der Waals surface area contributed by atoms with E-state index in [0.29, 0.717) is 10.6 Å². The average molecular weight is 262 g/mol. The summed E-state index contributed by atoms with van der Waals surface area (Å²) in [5, 5.41) is 4.08. The number of Topliss-reactive ketones (excluding diaryl/α,β-unsaturated/α-hetero) is 2. The first-order valence-corrected chi connectivity index (χ1v) is 6.42. The molecule has 0 aromatic carbocycles. The number of hydrogen-bond donors (Lipinski definition) is 0. The summed E-state index contributed by atoms with van der Waals surface area (Å²) < 4.78 is 1.63. The van der Waals surface area contributed by atoms with Crippen LogP contribution in [0.25, 0.3) is 0 Å². The van der Waals surface area contributed by atoms with E-state index in [0.717, 1.165) is 10.6 Å². The summed E-state index contributed by atoms with van der Waals surface area (Å²) in [5.74, 6) is -0.365. The highest BCUT2D eigenvalue weighted by Crippen LogP contribution is 2.17. The normalized spacial score (nSPS) is 10.6. The molecule has 0 fully saturated rings. The topological polar surface area (TPSA) is 52.0 Å². The Hall–Kier alpha value is -1.75. The van der Waals surface area contributed by atoms with Crippen molar-refractivity contribution in [2.75, 3.05) is 0 Å². The van der Waals surface area contributed by atoms with Crippen molar-refractivity contribution in [3.05, 3.63) is 39.3 Å². The first-order chi connectivity index (χ1) is 8.47. The van der Waals surface area contributed by atoms with Crippen LogP contribution in [0.15, 0.2) is 18.2 Å². The van der Waals surface area contributed by atoms with Gasteiger partial charge in [0.25, 0.3) is 0 Å². The lowest BCUT2D eigenvalue weighted by Crippen LogP contribution is -2.08. The number of rotatable bonds is 4. The zero-order valence-corrected chi connectivity index (χ0v) is 11.4. The third-order valence-corrected chi connectivity index (χ3v) is 3.78. The van der Waals surface area contributed by atoms with E-state index in [1.165, 1.54) is 11.3 Å². The predicted octanol–water partition coefficient (Wildman–Crippen LogP) is 2.55. The molecule has 0 spiro atoms. The molecule has 0 bridgehead atoms. The molecule has 2 heterocycles. The summed E-state index contributed by atoms with van der Waals surface area (Å²) in [7, 11) is 1.77. The predicted molar refractivity (Wildman–Crippen MR) is 70.3 cm³/mol. The van der Waals surface area contributed by atoms with Crippen molar-refractivity contribution in [2.45, 2.75) is 20.3 Å². The van der Waals surface area contributed by atoms with E-state index < -0.39 is 0 Å². The molecule has 0 amide bonds. The molecular formula is C13H14N2O2S. The molecule has 2 rings (SSSR count). The summed E-state index contributed by atoms with van der Waals surface area (Å²) >= 11 is 1.41. The Morgan fingerprint density at radius 1 is 1.28 bits per heavy atom. The number of carbonyl (C=O) groups is 2. The van der Waals surface area contributed by atoms with Crippen LogP contribution in [0, 0.1) is 13.8 Å². The van der Waals surface area contributed by atoms with Crippen LogP contribution in [-0.2, 0) is 7.05 Å². The molecule has 5 heteroatoms. The van der Waals surface area contributed by atoms with Gasteiger partial charge in [-0.2, -0.15) is 5.10 Å². The van der Waals surface area contributed by atoms with Crippen LogP contribution in [0.5, 0.6) is 0 Å². The van der Waals surface area contributed by atoms with E-state index in [1.807, 2.05) is 19.9 Å². The fraction of sp³-hybridized carbons (Fsp3) is 0.308. The number of hydrogen-bond acceptors (Lipinski definition) is 4. The second-order valence-corrected chi connectivity index (χ2v) is 5.52. The van der Waals surface area contributed by atoms with Gasteiger partial charge in [0.1, 0.15) is 5.69 Å². The van der Waals surface area contributed by atoms with Gasteiger partial charge in [0.15, 0.2) is 11.6 Å². The standard InChI is InChI=1S/C13H14N2O2S/c1-8-6-10(14-15(8)3)11(16)7-12(17)13-5-4-9(2)18-13/h4-6H,7H2,1-3H3. The largest absolute Gasteiger partial charge is 0.293 e. The molecule has 0 N–H and O–H groups in total. The second-order valence-electron chi connectivity index (χ2n) is 4.23. The average Bonchev–Trinajstić information content (AvgIpc) is 2.86. The molecule has 2 aromatic heterocycles. The number of thiophene rings is 1. The van der Waals surface area contributed by atoms with E-state index in [2.05, 4.69) is 5.10 Å². The lowest BCUT2D eigenvalue weighted by Gasteiger charge is -1.95. The van der Waals surface area contributed by atoms with Gasteiger partial charge in [-0.3, -0.25) is 14.3 Å². The Balaban J connectivity index is 2.10. The molecule has 0 saturated heterocycles. The summed E-state index contributed by atoms with van der Waals surface area (Å²) in [6, 6.07) is 5.35. The van der Waals surface area contributed by atoms with Gasteiger partial charge in [0, 0.05) is 17.6 Å². The maximum Gasteiger partial charge on any atom is 0.190 e. The molecule has 0 aliphatic heterocycles. The molecule has 0 aliphatic rings. The Kier molecular flexibility index (Phi) is 3.43. The van der Waals surface area contributed by atoms with E-state index >= 15 is 0 Å². The highest BCUT2D eigenvalue weighted by Gasteiger charge is 2.17. The Morgan fingerprint density at radius 3 is 2.50 bits per heavy atom. The molecule has 4 nitrogen and oxygen atoms in total. The molecule has 94 valence electrons. The van der Waals surface area contributed by atoms with Crippen molar-refractivity contribution >= 4 is 22.9 Å². The van der Waals surface area contributed by atoms with Crippen LogP contribution in [0.3, 0.4) is 0 Å². The summed E-state index contributed by atoms with van der Waals surface area (Å²) in [5.41, 5.74) is 1.26. The lowest BCUT2D eigenvalue weighted by atomic mass is 10.1. The van der Waals surface area contributed by atoms with E-state index in [4.69, 9.17) is 0 Å². The van der Waals surface area contributed by atoms with Gasteiger partial charge < -0.3 is 0 Å². The Labute approximate surface area is 109 Å². The minimum absolute atomic E-state index is 0.115. The summed E-state index contributed by atoms with van der Waals surface area (Å²) in [6.45, 7) is 3.81. The van der Waals surface area contributed by atoms with E-state index in [-0.39, 0.29) is 18.0 Å². The van der Waals surface area contributed by atoms with Crippen LogP contribution in [0.4, 0.5) is 0 Å². The third kappa shape index (κ3) is 2.56. The minimum atomic E-state index is -0.227. The molecule has 0 radical (unpaired) electrons.